The van der Waals surface area contributed by atoms with E-state index in [-0.39, 0.29) is 10.6 Å². The number of hydrogen-bond donors (Lipinski definition) is 2. The van der Waals surface area contributed by atoms with Crippen LogP contribution in [-0.4, -0.2) is 25.9 Å². The molecule has 0 spiro atoms. The van der Waals surface area contributed by atoms with Crippen LogP contribution in [0.2, 0.25) is 0 Å². The van der Waals surface area contributed by atoms with Crippen molar-refractivity contribution in [1.29, 1.82) is 0 Å². The van der Waals surface area contributed by atoms with E-state index in [9.17, 15) is 23.3 Å². The van der Waals surface area contributed by atoms with Crippen molar-refractivity contribution in [2.24, 2.45) is 0 Å². The van der Waals surface area contributed by atoms with E-state index in [2.05, 4.69) is 0 Å². The predicted molar refractivity (Wildman–Crippen MR) is 97.6 cm³/mol. The summed E-state index contributed by atoms with van der Waals surface area (Å²) in [6.45, 7) is 3.11. The Kier molecular flexibility index (Phi) is 6.48. The number of sulfonamides is 1. The summed E-state index contributed by atoms with van der Waals surface area (Å²) in [6.07, 6.45) is 0.875. The van der Waals surface area contributed by atoms with Crippen LogP contribution in [0.4, 0.5) is 5.69 Å². The highest BCUT2D eigenvalue weighted by molar-refractivity contribution is 7.89. The molecule has 0 unspecified atom stereocenters. The van der Waals surface area contributed by atoms with Crippen LogP contribution >= 0.6 is 0 Å². The second kappa shape index (κ2) is 8.60. The van der Waals surface area contributed by atoms with E-state index in [1.165, 1.54) is 19.1 Å². The molecule has 144 valence electrons. The molecule has 2 aromatic carbocycles. The van der Waals surface area contributed by atoms with Gasteiger partial charge >= 0.3 is 0 Å². The van der Waals surface area contributed by atoms with Crippen molar-refractivity contribution in [2.45, 2.75) is 25.2 Å². The van der Waals surface area contributed by atoms with Crippen molar-refractivity contribution < 1.29 is 22.9 Å². The fourth-order valence-corrected chi connectivity index (χ4v) is 3.02. The van der Waals surface area contributed by atoms with Gasteiger partial charge in [-0.15, -0.1) is 4.83 Å². The number of nitro benzene ring substituents is 1. The van der Waals surface area contributed by atoms with Gasteiger partial charge in [-0.2, -0.15) is 0 Å². The van der Waals surface area contributed by atoms with Crippen LogP contribution in [0.1, 0.15) is 18.1 Å². The first-order valence-electron chi connectivity index (χ1n) is 8.00. The summed E-state index contributed by atoms with van der Waals surface area (Å²) in [5, 5.41) is 10.9. The Morgan fingerprint density at radius 1 is 1.19 bits per heavy atom. The average Bonchev–Trinajstić information content (AvgIpc) is 2.65. The fraction of sp³-hybridized carbons (Fsp3) is 0.235. The molecule has 2 N–H and O–H groups in total. The first-order valence-corrected chi connectivity index (χ1v) is 9.48. The van der Waals surface area contributed by atoms with E-state index in [4.69, 9.17) is 4.74 Å². The van der Waals surface area contributed by atoms with Crippen molar-refractivity contribution in [3.05, 3.63) is 63.7 Å². The molecule has 0 aliphatic carbocycles. The van der Waals surface area contributed by atoms with Gasteiger partial charge in [0.05, 0.1) is 9.82 Å². The molecule has 9 nitrogen and oxygen atoms in total. The highest BCUT2D eigenvalue weighted by Crippen LogP contribution is 2.21. The third-order valence-electron chi connectivity index (χ3n) is 3.71. The first kappa shape index (κ1) is 20.3. The molecule has 27 heavy (non-hydrogen) atoms. The molecule has 0 heterocycles. The molecular formula is C17H19N3O6S. The molecule has 1 amide bonds. The van der Waals surface area contributed by atoms with Gasteiger partial charge in [-0.05, 0) is 37.1 Å². The largest absolute Gasteiger partial charge is 0.484 e. The summed E-state index contributed by atoms with van der Waals surface area (Å²) in [4.78, 5) is 23.6. The number of carbonyl (C=O) groups excluding carboxylic acids is 1. The summed E-state index contributed by atoms with van der Waals surface area (Å²) < 4.78 is 29.6. The molecule has 0 saturated heterocycles. The van der Waals surface area contributed by atoms with Crippen LogP contribution in [0.5, 0.6) is 5.75 Å². The summed E-state index contributed by atoms with van der Waals surface area (Å²) in [5.74, 6) is -0.251. The summed E-state index contributed by atoms with van der Waals surface area (Å²) in [5.41, 5.74) is 3.12. The van der Waals surface area contributed by atoms with Crippen LogP contribution in [0.25, 0.3) is 0 Å². The zero-order chi connectivity index (χ0) is 20.0. The van der Waals surface area contributed by atoms with Crippen LogP contribution in [-0.2, 0) is 21.2 Å². The third-order valence-corrected chi connectivity index (χ3v) is 4.96. The number of carbonyl (C=O) groups is 1. The molecule has 2 aromatic rings. The number of ether oxygens (including phenoxy) is 1. The minimum atomic E-state index is -4.16. The Balaban J connectivity index is 1.95. The minimum absolute atomic E-state index is 0.325. The Morgan fingerprint density at radius 2 is 1.85 bits per heavy atom. The standard InChI is InChI=1S/C17H19N3O6S/c1-3-13-5-7-14(8-6-13)26-11-17(21)18-19-27(24,25)15-9-4-12(2)16(10-15)20(22)23/h4-10,19H,3,11H2,1-2H3,(H,18,21). The molecule has 0 aromatic heterocycles. The number of nitro groups is 1. The summed E-state index contributed by atoms with van der Waals surface area (Å²) >= 11 is 0. The highest BCUT2D eigenvalue weighted by atomic mass is 32.2. The molecule has 0 fully saturated rings. The van der Waals surface area contributed by atoms with Crippen molar-refractivity contribution in [3.8, 4) is 5.75 Å². The molecule has 0 atom stereocenters. The second-order valence-corrected chi connectivity index (χ2v) is 7.33. The Labute approximate surface area is 156 Å². The number of aryl methyl sites for hydroxylation is 2. The van der Waals surface area contributed by atoms with Crippen molar-refractivity contribution >= 4 is 21.6 Å². The van der Waals surface area contributed by atoms with E-state index >= 15 is 0 Å². The minimum Gasteiger partial charge on any atom is -0.484 e. The van der Waals surface area contributed by atoms with E-state index in [0.29, 0.717) is 11.3 Å². The normalized spacial score (nSPS) is 11.0. The summed E-state index contributed by atoms with van der Waals surface area (Å²) in [7, 11) is -4.16. The van der Waals surface area contributed by atoms with Crippen LogP contribution < -0.4 is 15.0 Å². The lowest BCUT2D eigenvalue weighted by atomic mass is 10.2. The molecule has 0 saturated carbocycles. The smallest absolute Gasteiger partial charge is 0.273 e. The van der Waals surface area contributed by atoms with E-state index in [1.54, 1.807) is 12.1 Å². The quantitative estimate of drug-likeness (QED) is 0.520. The van der Waals surface area contributed by atoms with Gasteiger partial charge in [0, 0.05) is 11.6 Å². The van der Waals surface area contributed by atoms with Gasteiger partial charge in [-0.1, -0.05) is 25.1 Å². The molecule has 2 rings (SSSR count). The Bertz CT molecular complexity index is 942. The number of nitrogens with one attached hydrogen (secondary N) is 2. The zero-order valence-electron chi connectivity index (χ0n) is 14.8. The number of hydrazine groups is 1. The maximum Gasteiger partial charge on any atom is 0.273 e. The monoisotopic (exact) mass is 393 g/mol. The van der Waals surface area contributed by atoms with Crippen molar-refractivity contribution in [3.63, 3.8) is 0 Å². The van der Waals surface area contributed by atoms with Gasteiger partial charge in [0.15, 0.2) is 6.61 Å². The molecule has 0 bridgehead atoms. The number of nitrogens with zero attached hydrogens (tertiary/aromatic N) is 1. The molecule has 0 aliphatic rings. The molecule has 10 heteroatoms. The SMILES string of the molecule is CCc1ccc(OCC(=O)NNS(=O)(=O)c2ccc(C)c([N+](=O)[O-])c2)cc1. The first-order chi connectivity index (χ1) is 12.7. The average molecular weight is 393 g/mol. The van der Waals surface area contributed by atoms with Crippen molar-refractivity contribution in [1.82, 2.24) is 10.3 Å². The van der Waals surface area contributed by atoms with Crippen LogP contribution in [0, 0.1) is 17.0 Å². The number of benzene rings is 2. The fourth-order valence-electron chi connectivity index (χ4n) is 2.14. The number of amides is 1. The molecule has 0 radical (unpaired) electrons. The lowest BCUT2D eigenvalue weighted by Crippen LogP contribution is -2.43. The molecule has 0 aliphatic heterocycles. The maximum atomic E-state index is 12.2. The van der Waals surface area contributed by atoms with E-state index in [0.717, 1.165) is 18.1 Å². The summed E-state index contributed by atoms with van der Waals surface area (Å²) in [6, 6.07) is 10.6. The van der Waals surface area contributed by atoms with Gasteiger partial charge < -0.3 is 4.74 Å². The predicted octanol–water partition coefficient (Wildman–Crippen LogP) is 1.85. The van der Waals surface area contributed by atoms with E-state index < -0.39 is 27.5 Å². The zero-order valence-corrected chi connectivity index (χ0v) is 15.6. The molecular weight excluding hydrogens is 374 g/mol. The lowest BCUT2D eigenvalue weighted by Gasteiger charge is -2.10. The van der Waals surface area contributed by atoms with Gasteiger partial charge in [0.25, 0.3) is 21.6 Å². The second-order valence-electron chi connectivity index (χ2n) is 5.65. The third kappa shape index (κ3) is 5.50. The van der Waals surface area contributed by atoms with Gasteiger partial charge in [-0.25, -0.2) is 8.42 Å². The highest BCUT2D eigenvalue weighted by Gasteiger charge is 2.20. The topological polar surface area (TPSA) is 128 Å². The van der Waals surface area contributed by atoms with Crippen LogP contribution in [0.15, 0.2) is 47.4 Å². The van der Waals surface area contributed by atoms with E-state index in [1.807, 2.05) is 29.3 Å². The Morgan fingerprint density at radius 3 is 2.44 bits per heavy atom. The maximum absolute atomic E-state index is 12.2. The van der Waals surface area contributed by atoms with Crippen molar-refractivity contribution in [2.75, 3.05) is 6.61 Å². The van der Waals surface area contributed by atoms with Gasteiger partial charge in [-0.3, -0.25) is 20.3 Å². The Hall–Kier alpha value is -2.98. The van der Waals surface area contributed by atoms with Gasteiger partial charge in [0.1, 0.15) is 5.75 Å². The number of rotatable bonds is 8. The number of hydrogen-bond acceptors (Lipinski definition) is 6. The van der Waals surface area contributed by atoms with Crippen LogP contribution in [0.3, 0.4) is 0 Å². The lowest BCUT2D eigenvalue weighted by molar-refractivity contribution is -0.385. The van der Waals surface area contributed by atoms with Gasteiger partial charge in [0.2, 0.25) is 0 Å².